The molecule has 1 aromatic carbocycles. The van der Waals surface area contributed by atoms with Gasteiger partial charge in [0.25, 0.3) is 0 Å². The van der Waals surface area contributed by atoms with Crippen LogP contribution < -0.4 is 0 Å². The van der Waals surface area contributed by atoms with Gasteiger partial charge in [0.15, 0.2) is 5.16 Å². The van der Waals surface area contributed by atoms with Crippen molar-refractivity contribution in [3.8, 4) is 0 Å². The Balaban J connectivity index is 2.01. The zero-order valence-corrected chi connectivity index (χ0v) is 13.6. The van der Waals surface area contributed by atoms with E-state index < -0.39 is 5.60 Å². The van der Waals surface area contributed by atoms with Crippen molar-refractivity contribution in [1.82, 2.24) is 14.8 Å². The third kappa shape index (κ3) is 2.77. The second-order valence-corrected chi connectivity index (χ2v) is 6.71. The van der Waals surface area contributed by atoms with Gasteiger partial charge in [-0.2, -0.15) is 5.10 Å². The van der Waals surface area contributed by atoms with Crippen LogP contribution in [0.3, 0.4) is 0 Å². The van der Waals surface area contributed by atoms with Gasteiger partial charge in [0, 0.05) is 5.56 Å². The Morgan fingerprint density at radius 2 is 2.18 bits per heavy atom. The van der Waals surface area contributed by atoms with Crippen LogP contribution in [0.2, 0.25) is 0 Å². The minimum atomic E-state index is -1.29. The summed E-state index contributed by atoms with van der Waals surface area (Å²) in [5, 5.41) is 16.3. The molecule has 1 heterocycles. The van der Waals surface area contributed by atoms with Crippen LogP contribution in [0.15, 0.2) is 35.7 Å². The first-order valence-electron chi connectivity index (χ1n) is 7.45. The summed E-state index contributed by atoms with van der Waals surface area (Å²) >= 11 is 1.46. The van der Waals surface area contributed by atoms with Crippen molar-refractivity contribution < 1.29 is 9.50 Å². The third-order valence-electron chi connectivity index (χ3n) is 4.58. The van der Waals surface area contributed by atoms with Gasteiger partial charge in [0.05, 0.1) is 6.54 Å². The Kier molecular flexibility index (Phi) is 4.23. The molecule has 0 aliphatic heterocycles. The second-order valence-electron chi connectivity index (χ2n) is 5.93. The zero-order valence-electron chi connectivity index (χ0n) is 12.7. The van der Waals surface area contributed by atoms with E-state index in [0.717, 1.165) is 18.0 Å². The number of rotatable bonds is 6. The molecule has 1 fully saturated rings. The van der Waals surface area contributed by atoms with Crippen LogP contribution in [0.25, 0.3) is 0 Å². The van der Waals surface area contributed by atoms with Crippen LogP contribution in [-0.2, 0) is 12.1 Å². The quantitative estimate of drug-likeness (QED) is 0.831. The Bertz CT molecular complexity index is 658. The van der Waals surface area contributed by atoms with Crippen LogP contribution in [0.1, 0.15) is 25.3 Å². The number of halogens is 1. The molecule has 0 bridgehead atoms. The minimum absolute atomic E-state index is 0.0386. The van der Waals surface area contributed by atoms with Crippen LogP contribution in [-0.4, -0.2) is 26.1 Å². The van der Waals surface area contributed by atoms with E-state index >= 15 is 0 Å². The average molecular weight is 321 g/mol. The maximum atomic E-state index is 14.3. The lowest BCUT2D eigenvalue weighted by Gasteiger charge is -2.35. The molecule has 118 valence electrons. The molecule has 2 aromatic rings. The van der Waals surface area contributed by atoms with E-state index in [-0.39, 0.29) is 18.3 Å². The summed E-state index contributed by atoms with van der Waals surface area (Å²) < 4.78 is 16.0. The SMILES string of the molecule is CSc1ncnn1CC(O)(c1ccccc1F)C(C)C1CC1. The monoisotopic (exact) mass is 321 g/mol. The van der Waals surface area contributed by atoms with Crippen molar-refractivity contribution in [2.75, 3.05) is 6.26 Å². The highest BCUT2D eigenvalue weighted by atomic mass is 32.2. The lowest BCUT2D eigenvalue weighted by atomic mass is 9.79. The number of aliphatic hydroxyl groups is 1. The largest absolute Gasteiger partial charge is 0.383 e. The van der Waals surface area contributed by atoms with Crippen LogP contribution >= 0.6 is 11.8 Å². The molecular weight excluding hydrogens is 301 g/mol. The van der Waals surface area contributed by atoms with Crippen molar-refractivity contribution in [3.05, 3.63) is 42.0 Å². The molecule has 4 nitrogen and oxygen atoms in total. The van der Waals surface area contributed by atoms with Gasteiger partial charge in [-0.1, -0.05) is 36.9 Å². The maximum absolute atomic E-state index is 14.3. The summed E-state index contributed by atoms with van der Waals surface area (Å²) in [5.74, 6) is 0.0254. The van der Waals surface area contributed by atoms with Gasteiger partial charge in [0.1, 0.15) is 17.7 Å². The highest BCUT2D eigenvalue weighted by Gasteiger charge is 2.46. The fourth-order valence-electron chi connectivity index (χ4n) is 3.02. The molecule has 1 saturated carbocycles. The summed E-state index contributed by atoms with van der Waals surface area (Å²) in [7, 11) is 0. The third-order valence-corrected chi connectivity index (χ3v) is 5.26. The Labute approximate surface area is 133 Å². The molecule has 1 aromatic heterocycles. The summed E-state index contributed by atoms with van der Waals surface area (Å²) in [6.07, 6.45) is 5.55. The molecule has 2 atom stereocenters. The van der Waals surface area contributed by atoms with Gasteiger partial charge in [-0.05, 0) is 37.0 Å². The van der Waals surface area contributed by atoms with Crippen LogP contribution in [0.5, 0.6) is 0 Å². The number of aromatic nitrogens is 3. The fraction of sp³-hybridized carbons (Fsp3) is 0.500. The number of nitrogens with zero attached hydrogens (tertiary/aromatic N) is 3. The number of hydrogen-bond donors (Lipinski definition) is 1. The Morgan fingerprint density at radius 3 is 2.82 bits per heavy atom. The Morgan fingerprint density at radius 1 is 1.45 bits per heavy atom. The fourth-order valence-corrected chi connectivity index (χ4v) is 3.50. The van der Waals surface area contributed by atoms with Crippen molar-refractivity contribution in [1.29, 1.82) is 0 Å². The molecule has 1 N–H and O–H groups in total. The second kappa shape index (κ2) is 6.01. The zero-order chi connectivity index (χ0) is 15.7. The Hall–Kier alpha value is -1.40. The number of benzene rings is 1. The van der Waals surface area contributed by atoms with E-state index in [9.17, 15) is 9.50 Å². The smallest absolute Gasteiger partial charge is 0.185 e. The first-order chi connectivity index (χ1) is 10.6. The number of thioether (sulfide) groups is 1. The van der Waals surface area contributed by atoms with Gasteiger partial charge < -0.3 is 5.11 Å². The van der Waals surface area contributed by atoms with Crippen LogP contribution in [0, 0.1) is 17.7 Å². The molecule has 0 radical (unpaired) electrons. The topological polar surface area (TPSA) is 50.9 Å². The van der Waals surface area contributed by atoms with E-state index in [1.165, 1.54) is 24.2 Å². The van der Waals surface area contributed by atoms with Crippen molar-refractivity contribution in [2.45, 2.75) is 37.1 Å². The lowest BCUT2D eigenvalue weighted by molar-refractivity contribution is -0.0489. The molecule has 6 heteroatoms. The van der Waals surface area contributed by atoms with E-state index in [0.29, 0.717) is 11.5 Å². The van der Waals surface area contributed by atoms with Gasteiger partial charge in [-0.15, -0.1) is 0 Å². The van der Waals surface area contributed by atoms with Gasteiger partial charge >= 0.3 is 0 Å². The summed E-state index contributed by atoms with van der Waals surface area (Å²) in [6, 6.07) is 6.48. The highest BCUT2D eigenvalue weighted by Crippen LogP contribution is 2.47. The molecule has 0 spiro atoms. The van der Waals surface area contributed by atoms with Gasteiger partial charge in [-0.25, -0.2) is 14.1 Å². The summed E-state index contributed by atoms with van der Waals surface area (Å²) in [4.78, 5) is 4.16. The van der Waals surface area contributed by atoms with E-state index in [2.05, 4.69) is 10.1 Å². The standard InChI is InChI=1S/C16H20FN3OS/c1-11(12-7-8-12)16(21,13-5-3-4-6-14(13)17)9-20-15(22-2)18-10-19-20/h3-6,10-12,21H,7-9H2,1-2H3. The molecule has 1 aliphatic carbocycles. The summed E-state index contributed by atoms with van der Waals surface area (Å²) in [5.41, 5.74) is -0.943. The van der Waals surface area contributed by atoms with Gasteiger partial charge in [0.2, 0.25) is 0 Å². The molecule has 1 aliphatic rings. The average Bonchev–Trinajstić information content (AvgIpc) is 3.27. The first kappa shape index (κ1) is 15.5. The van der Waals surface area contributed by atoms with E-state index in [1.807, 2.05) is 13.2 Å². The maximum Gasteiger partial charge on any atom is 0.185 e. The molecule has 3 rings (SSSR count). The highest BCUT2D eigenvalue weighted by molar-refractivity contribution is 7.98. The molecule has 0 amide bonds. The number of hydrogen-bond acceptors (Lipinski definition) is 4. The van der Waals surface area contributed by atoms with Crippen molar-refractivity contribution in [2.24, 2.45) is 11.8 Å². The van der Waals surface area contributed by atoms with Crippen LogP contribution in [0.4, 0.5) is 4.39 Å². The van der Waals surface area contributed by atoms with E-state index in [4.69, 9.17) is 0 Å². The van der Waals surface area contributed by atoms with Crippen molar-refractivity contribution in [3.63, 3.8) is 0 Å². The van der Waals surface area contributed by atoms with Crippen molar-refractivity contribution >= 4 is 11.8 Å². The molecule has 0 saturated heterocycles. The predicted molar refractivity (Wildman–Crippen MR) is 84.0 cm³/mol. The molecule has 2 unspecified atom stereocenters. The van der Waals surface area contributed by atoms with Gasteiger partial charge in [-0.3, -0.25) is 0 Å². The normalized spacial score (nSPS) is 18.9. The first-order valence-corrected chi connectivity index (χ1v) is 8.68. The lowest BCUT2D eigenvalue weighted by Crippen LogP contribution is -2.40. The minimum Gasteiger partial charge on any atom is -0.383 e. The molecule has 22 heavy (non-hydrogen) atoms. The predicted octanol–water partition coefficient (Wildman–Crippen LogP) is 3.07. The van der Waals surface area contributed by atoms with E-state index in [1.54, 1.807) is 22.9 Å². The summed E-state index contributed by atoms with van der Waals surface area (Å²) in [6.45, 7) is 2.21. The molecular formula is C16H20FN3OS.